The van der Waals surface area contributed by atoms with Crippen LogP contribution in [0.3, 0.4) is 0 Å². The monoisotopic (exact) mass is 248 g/mol. The first-order chi connectivity index (χ1) is 8.74. The lowest BCUT2D eigenvalue weighted by Gasteiger charge is -2.23. The van der Waals surface area contributed by atoms with Crippen LogP contribution in [0.25, 0.3) is 0 Å². The van der Waals surface area contributed by atoms with Crippen molar-refractivity contribution in [1.82, 2.24) is 5.32 Å². The fourth-order valence-corrected chi connectivity index (χ4v) is 2.07. The Morgan fingerprint density at radius 2 is 1.94 bits per heavy atom. The summed E-state index contributed by atoms with van der Waals surface area (Å²) < 4.78 is 5.32. The van der Waals surface area contributed by atoms with Crippen molar-refractivity contribution in [2.24, 2.45) is 0 Å². The van der Waals surface area contributed by atoms with Crippen LogP contribution in [0.5, 0.6) is 0 Å². The molecule has 4 nitrogen and oxygen atoms in total. The molecule has 1 saturated heterocycles. The smallest absolute Gasteiger partial charge is 0.221 e. The zero-order valence-electron chi connectivity index (χ0n) is 10.7. The Labute approximate surface area is 108 Å². The summed E-state index contributed by atoms with van der Waals surface area (Å²) in [4.78, 5) is 10.9. The maximum atomic E-state index is 10.9. The van der Waals surface area contributed by atoms with Gasteiger partial charge in [-0.05, 0) is 30.5 Å². The molecule has 18 heavy (non-hydrogen) atoms. The van der Waals surface area contributed by atoms with Gasteiger partial charge in [0.1, 0.15) is 0 Å². The van der Waals surface area contributed by atoms with E-state index in [1.165, 1.54) is 12.5 Å². The number of benzene rings is 1. The predicted molar refractivity (Wildman–Crippen MR) is 71.4 cm³/mol. The largest absolute Gasteiger partial charge is 0.381 e. The third-order valence-electron chi connectivity index (χ3n) is 3.09. The lowest BCUT2D eigenvalue weighted by atomic mass is 10.1. The van der Waals surface area contributed by atoms with Gasteiger partial charge in [-0.15, -0.1) is 0 Å². The molecule has 1 aliphatic rings. The van der Waals surface area contributed by atoms with Gasteiger partial charge in [0.05, 0.1) is 0 Å². The van der Waals surface area contributed by atoms with Gasteiger partial charge in [-0.2, -0.15) is 0 Å². The summed E-state index contributed by atoms with van der Waals surface area (Å²) in [6, 6.07) is 8.51. The van der Waals surface area contributed by atoms with Crippen LogP contribution in [0, 0.1) is 0 Å². The lowest BCUT2D eigenvalue weighted by molar-refractivity contribution is -0.114. The van der Waals surface area contributed by atoms with E-state index in [0.29, 0.717) is 6.04 Å². The summed E-state index contributed by atoms with van der Waals surface area (Å²) >= 11 is 0. The summed E-state index contributed by atoms with van der Waals surface area (Å²) in [5.41, 5.74) is 2.08. The molecule has 4 heteroatoms. The lowest BCUT2D eigenvalue weighted by Crippen LogP contribution is -2.34. The normalized spacial score (nSPS) is 16.5. The molecule has 0 atom stereocenters. The standard InChI is InChI=1S/C14H20N2O2/c1-11(17)16-14-4-2-12(3-5-14)10-15-13-6-8-18-9-7-13/h2-5,13,15H,6-10H2,1H3,(H,16,17). The Morgan fingerprint density at radius 3 is 2.56 bits per heavy atom. The Kier molecular flexibility index (Phi) is 4.73. The van der Waals surface area contributed by atoms with Crippen molar-refractivity contribution in [2.75, 3.05) is 18.5 Å². The molecule has 1 amide bonds. The number of hydrogen-bond acceptors (Lipinski definition) is 3. The SMILES string of the molecule is CC(=O)Nc1ccc(CNC2CCOCC2)cc1. The number of ether oxygens (including phenoxy) is 1. The zero-order chi connectivity index (χ0) is 12.8. The predicted octanol–water partition coefficient (Wildman–Crippen LogP) is 1.91. The average Bonchev–Trinajstić information content (AvgIpc) is 2.38. The van der Waals surface area contributed by atoms with E-state index in [4.69, 9.17) is 4.74 Å². The first-order valence-electron chi connectivity index (χ1n) is 6.42. The second-order valence-electron chi connectivity index (χ2n) is 4.65. The van der Waals surface area contributed by atoms with Crippen LogP contribution in [0.15, 0.2) is 24.3 Å². The number of nitrogens with one attached hydrogen (secondary N) is 2. The van der Waals surface area contributed by atoms with Gasteiger partial charge < -0.3 is 15.4 Å². The molecule has 98 valence electrons. The minimum atomic E-state index is -0.0388. The molecule has 1 aromatic rings. The van der Waals surface area contributed by atoms with Crippen molar-refractivity contribution in [1.29, 1.82) is 0 Å². The van der Waals surface area contributed by atoms with Gasteiger partial charge in [0.15, 0.2) is 0 Å². The molecule has 1 heterocycles. The highest BCUT2D eigenvalue weighted by atomic mass is 16.5. The van der Waals surface area contributed by atoms with Gasteiger partial charge in [0.2, 0.25) is 5.91 Å². The third kappa shape index (κ3) is 4.13. The molecular weight excluding hydrogens is 228 g/mol. The number of rotatable bonds is 4. The minimum absolute atomic E-state index is 0.0388. The Morgan fingerprint density at radius 1 is 1.28 bits per heavy atom. The van der Waals surface area contributed by atoms with Crippen LogP contribution >= 0.6 is 0 Å². The van der Waals surface area contributed by atoms with Crippen molar-refractivity contribution in [3.05, 3.63) is 29.8 Å². The molecule has 0 unspecified atom stereocenters. The molecule has 2 rings (SSSR count). The van der Waals surface area contributed by atoms with Gasteiger partial charge in [-0.1, -0.05) is 12.1 Å². The van der Waals surface area contributed by atoms with Gasteiger partial charge >= 0.3 is 0 Å². The first kappa shape index (κ1) is 13.1. The number of amides is 1. The quantitative estimate of drug-likeness (QED) is 0.856. The van der Waals surface area contributed by atoms with Gasteiger partial charge in [-0.25, -0.2) is 0 Å². The van der Waals surface area contributed by atoms with E-state index in [0.717, 1.165) is 38.3 Å². The average molecular weight is 248 g/mol. The molecule has 2 N–H and O–H groups in total. The van der Waals surface area contributed by atoms with E-state index in [1.54, 1.807) is 0 Å². The number of carbonyl (C=O) groups excluding carboxylic acids is 1. The van der Waals surface area contributed by atoms with E-state index >= 15 is 0 Å². The van der Waals surface area contributed by atoms with E-state index in [9.17, 15) is 4.79 Å². The zero-order valence-corrected chi connectivity index (χ0v) is 10.7. The number of hydrogen-bond donors (Lipinski definition) is 2. The van der Waals surface area contributed by atoms with E-state index in [1.807, 2.05) is 24.3 Å². The van der Waals surface area contributed by atoms with Crippen LogP contribution < -0.4 is 10.6 Å². The highest BCUT2D eigenvalue weighted by molar-refractivity contribution is 5.88. The molecule has 1 aliphatic heterocycles. The molecular formula is C14H20N2O2. The Balaban J connectivity index is 1.80. The third-order valence-corrected chi connectivity index (χ3v) is 3.09. The van der Waals surface area contributed by atoms with Crippen molar-refractivity contribution < 1.29 is 9.53 Å². The Hall–Kier alpha value is -1.39. The van der Waals surface area contributed by atoms with Crippen LogP contribution in [0.2, 0.25) is 0 Å². The van der Waals surface area contributed by atoms with E-state index in [2.05, 4.69) is 10.6 Å². The molecule has 0 bridgehead atoms. The molecule has 0 saturated carbocycles. The summed E-state index contributed by atoms with van der Waals surface area (Å²) in [6.45, 7) is 4.10. The molecule has 0 spiro atoms. The van der Waals surface area contributed by atoms with Gasteiger partial charge in [0.25, 0.3) is 0 Å². The summed E-state index contributed by atoms with van der Waals surface area (Å²) in [6.07, 6.45) is 2.17. The molecule has 0 aromatic heterocycles. The van der Waals surface area contributed by atoms with Crippen LogP contribution in [-0.2, 0) is 16.1 Å². The van der Waals surface area contributed by atoms with Crippen molar-refractivity contribution in [2.45, 2.75) is 32.4 Å². The highest BCUT2D eigenvalue weighted by Gasteiger charge is 2.12. The fourth-order valence-electron chi connectivity index (χ4n) is 2.07. The molecule has 0 radical (unpaired) electrons. The molecule has 0 aliphatic carbocycles. The van der Waals surface area contributed by atoms with Crippen molar-refractivity contribution >= 4 is 11.6 Å². The van der Waals surface area contributed by atoms with Crippen LogP contribution in [0.1, 0.15) is 25.3 Å². The Bertz CT molecular complexity index is 383. The van der Waals surface area contributed by atoms with Crippen molar-refractivity contribution in [3.63, 3.8) is 0 Å². The second kappa shape index (κ2) is 6.52. The van der Waals surface area contributed by atoms with Gasteiger partial charge in [0, 0.05) is 38.4 Å². The number of anilines is 1. The highest BCUT2D eigenvalue weighted by Crippen LogP contribution is 2.11. The summed E-state index contributed by atoms with van der Waals surface area (Å²) in [5, 5.41) is 6.29. The first-order valence-corrected chi connectivity index (χ1v) is 6.42. The molecule has 1 aromatic carbocycles. The van der Waals surface area contributed by atoms with Crippen LogP contribution in [0.4, 0.5) is 5.69 Å². The van der Waals surface area contributed by atoms with E-state index in [-0.39, 0.29) is 5.91 Å². The second-order valence-corrected chi connectivity index (χ2v) is 4.65. The maximum Gasteiger partial charge on any atom is 0.221 e. The van der Waals surface area contributed by atoms with Crippen molar-refractivity contribution in [3.8, 4) is 0 Å². The van der Waals surface area contributed by atoms with E-state index < -0.39 is 0 Å². The minimum Gasteiger partial charge on any atom is -0.381 e. The fraction of sp³-hybridized carbons (Fsp3) is 0.500. The number of carbonyl (C=O) groups is 1. The van der Waals surface area contributed by atoms with Gasteiger partial charge in [-0.3, -0.25) is 4.79 Å². The summed E-state index contributed by atoms with van der Waals surface area (Å²) in [5.74, 6) is -0.0388. The maximum absolute atomic E-state index is 10.9. The topological polar surface area (TPSA) is 50.4 Å². The summed E-state index contributed by atoms with van der Waals surface area (Å²) in [7, 11) is 0. The van der Waals surface area contributed by atoms with Crippen LogP contribution in [-0.4, -0.2) is 25.2 Å². The molecule has 1 fully saturated rings.